The molecule has 5 rings (SSSR count). The number of piperazine rings is 1. The van der Waals surface area contributed by atoms with Gasteiger partial charge in [-0.1, -0.05) is 11.6 Å². The number of aromatic nitrogens is 2. The Balaban J connectivity index is 1.42. The van der Waals surface area contributed by atoms with E-state index in [2.05, 4.69) is 47.8 Å². The average molecular weight is 626 g/mol. The van der Waals surface area contributed by atoms with Gasteiger partial charge in [-0.15, -0.1) is 0 Å². The number of aryl methyl sites for hydroxylation is 1. The summed E-state index contributed by atoms with van der Waals surface area (Å²) in [4.78, 5) is 48.0. The summed E-state index contributed by atoms with van der Waals surface area (Å²) in [6.07, 6.45) is 6.07. The predicted molar refractivity (Wildman–Crippen MR) is 183 cm³/mol. The molecule has 0 radical (unpaired) electrons. The van der Waals surface area contributed by atoms with Crippen molar-refractivity contribution in [1.29, 1.82) is 0 Å². The number of nitrogens with one attached hydrogen (secondary N) is 1. The van der Waals surface area contributed by atoms with Crippen molar-refractivity contribution in [3.05, 3.63) is 70.6 Å². The number of nitrogens with zero attached hydrogens (tertiary/aromatic N) is 4. The highest BCUT2D eigenvalue weighted by molar-refractivity contribution is 6.10. The molecule has 2 aliphatic rings. The number of ketones is 1. The van der Waals surface area contributed by atoms with Crippen LogP contribution in [0.1, 0.15) is 83.8 Å². The van der Waals surface area contributed by atoms with Crippen LogP contribution in [0.15, 0.2) is 59.5 Å². The number of carbonyl (C=O) groups excluding carboxylic acids is 3. The van der Waals surface area contributed by atoms with Gasteiger partial charge in [0.15, 0.2) is 5.78 Å². The molecule has 46 heavy (non-hydrogen) atoms. The predicted octanol–water partition coefficient (Wildman–Crippen LogP) is 7.00. The van der Waals surface area contributed by atoms with Crippen molar-refractivity contribution in [3.63, 3.8) is 0 Å². The van der Waals surface area contributed by atoms with E-state index in [1.807, 2.05) is 72.0 Å². The molecule has 1 aliphatic carbocycles. The van der Waals surface area contributed by atoms with E-state index in [0.29, 0.717) is 37.2 Å². The third kappa shape index (κ3) is 6.88. The number of allylic oxidation sites excluding steroid dienone is 3. The fraction of sp³-hybridized carbons (Fsp3) is 0.459. The summed E-state index contributed by atoms with van der Waals surface area (Å²) in [7, 11) is 0. The Bertz CT molecular complexity index is 1740. The lowest BCUT2D eigenvalue weighted by Gasteiger charge is -2.40. The monoisotopic (exact) mass is 625 g/mol. The SMILES string of the molecule is CC1=CC(C)=C(CNC(=O)c2cc(-c3ccc(N4CCN(C(=O)OC(C)(C)C)C[C@H]4C)nc3)cc3c2c(C)cn3C(C)C)C(=O)C1. The topological polar surface area (TPSA) is 96.8 Å². The summed E-state index contributed by atoms with van der Waals surface area (Å²) >= 11 is 0. The van der Waals surface area contributed by atoms with Crippen LogP contribution in [0.3, 0.4) is 0 Å². The molecule has 0 spiro atoms. The number of anilines is 1. The van der Waals surface area contributed by atoms with Gasteiger partial charge in [0.25, 0.3) is 5.91 Å². The molecule has 1 aromatic carbocycles. The minimum Gasteiger partial charge on any atom is -0.444 e. The highest BCUT2D eigenvalue weighted by atomic mass is 16.6. The van der Waals surface area contributed by atoms with Gasteiger partial charge in [-0.2, -0.15) is 0 Å². The standard InChI is InChI=1S/C37H47N5O4/c1-22(2)42-20-25(5)34-29(35(44)39-19-30-24(4)14-23(3)15-32(30)43)16-28(17-31(34)42)27-10-11-33(38-18-27)41-13-12-40(21-26(41)6)36(45)46-37(7,8)9/h10-11,14,16-18,20,22,26H,12-13,15,19,21H2,1-9H3,(H,39,44)/t26-/m1/s1. The zero-order valence-corrected chi connectivity index (χ0v) is 28.7. The van der Waals surface area contributed by atoms with Crippen molar-refractivity contribution in [2.24, 2.45) is 0 Å². The summed E-state index contributed by atoms with van der Waals surface area (Å²) in [5.41, 5.74) is 6.44. The molecule has 0 bridgehead atoms. The molecule has 3 heterocycles. The van der Waals surface area contributed by atoms with E-state index < -0.39 is 5.60 Å². The Labute approximate surface area is 272 Å². The zero-order valence-electron chi connectivity index (χ0n) is 28.7. The first-order valence-corrected chi connectivity index (χ1v) is 16.2. The van der Waals surface area contributed by atoms with Gasteiger partial charge in [0.05, 0.1) is 0 Å². The fourth-order valence-electron chi connectivity index (χ4n) is 6.47. The van der Waals surface area contributed by atoms with Crippen molar-refractivity contribution in [2.45, 2.75) is 86.4 Å². The van der Waals surface area contributed by atoms with Gasteiger partial charge in [0.1, 0.15) is 11.4 Å². The van der Waals surface area contributed by atoms with Crippen molar-refractivity contribution in [1.82, 2.24) is 19.8 Å². The molecule has 1 atom stereocenters. The number of Topliss-reactive ketones (excluding diaryl/α,β-unsaturated/α-hetero) is 1. The van der Waals surface area contributed by atoms with Gasteiger partial charge in [-0.3, -0.25) is 9.59 Å². The number of rotatable bonds is 6. The maximum atomic E-state index is 13.8. The lowest BCUT2D eigenvalue weighted by atomic mass is 9.92. The van der Waals surface area contributed by atoms with Crippen LogP contribution in [0.4, 0.5) is 10.6 Å². The quantitative estimate of drug-likeness (QED) is 0.317. The third-order valence-corrected chi connectivity index (χ3v) is 8.72. The van der Waals surface area contributed by atoms with Crippen molar-refractivity contribution >= 4 is 34.5 Å². The number of amides is 2. The van der Waals surface area contributed by atoms with E-state index in [4.69, 9.17) is 9.72 Å². The van der Waals surface area contributed by atoms with E-state index in [-0.39, 0.29) is 36.4 Å². The Hall–Kier alpha value is -4.40. The van der Waals surface area contributed by atoms with Gasteiger partial charge in [0.2, 0.25) is 0 Å². The molecule has 9 nitrogen and oxygen atoms in total. The summed E-state index contributed by atoms with van der Waals surface area (Å²) in [6, 6.07) is 8.37. The van der Waals surface area contributed by atoms with Crippen LogP contribution in [0.2, 0.25) is 0 Å². The molecule has 1 fully saturated rings. The Morgan fingerprint density at radius 3 is 2.43 bits per heavy atom. The average Bonchev–Trinajstić information content (AvgIpc) is 3.31. The van der Waals surface area contributed by atoms with E-state index in [1.54, 1.807) is 4.90 Å². The van der Waals surface area contributed by atoms with Gasteiger partial charge in [0, 0.05) is 84.7 Å². The second-order valence-electron chi connectivity index (χ2n) is 14.0. The summed E-state index contributed by atoms with van der Waals surface area (Å²) in [5, 5.41) is 3.96. The maximum absolute atomic E-state index is 13.8. The minimum absolute atomic E-state index is 0.0607. The van der Waals surface area contributed by atoms with Gasteiger partial charge in [-0.25, -0.2) is 9.78 Å². The highest BCUT2D eigenvalue weighted by Crippen LogP contribution is 2.34. The van der Waals surface area contributed by atoms with Crippen molar-refractivity contribution < 1.29 is 19.1 Å². The van der Waals surface area contributed by atoms with Crippen LogP contribution in [-0.2, 0) is 9.53 Å². The second-order valence-corrected chi connectivity index (χ2v) is 14.0. The fourth-order valence-corrected chi connectivity index (χ4v) is 6.47. The van der Waals surface area contributed by atoms with Gasteiger partial charge < -0.3 is 24.4 Å². The number of hydrogen-bond donors (Lipinski definition) is 1. The summed E-state index contributed by atoms with van der Waals surface area (Å²) < 4.78 is 7.77. The number of fused-ring (bicyclic) bond motifs is 1. The first-order chi connectivity index (χ1) is 21.6. The van der Waals surface area contributed by atoms with Crippen LogP contribution >= 0.6 is 0 Å². The first-order valence-electron chi connectivity index (χ1n) is 16.2. The summed E-state index contributed by atoms with van der Waals surface area (Å²) in [6.45, 7) is 19.8. The molecule has 1 N–H and O–H groups in total. The Morgan fingerprint density at radius 1 is 1.09 bits per heavy atom. The molecule has 0 unspecified atom stereocenters. The smallest absolute Gasteiger partial charge is 0.410 e. The second kappa shape index (κ2) is 12.8. The molecule has 2 amide bonds. The van der Waals surface area contributed by atoms with Crippen LogP contribution in [0.25, 0.3) is 22.0 Å². The maximum Gasteiger partial charge on any atom is 0.410 e. The van der Waals surface area contributed by atoms with Crippen LogP contribution in [0.5, 0.6) is 0 Å². The van der Waals surface area contributed by atoms with E-state index >= 15 is 0 Å². The minimum atomic E-state index is -0.532. The lowest BCUT2D eigenvalue weighted by Crippen LogP contribution is -2.54. The molecule has 0 saturated carbocycles. The number of hydrogen-bond acceptors (Lipinski definition) is 6. The molecular weight excluding hydrogens is 578 g/mol. The van der Waals surface area contributed by atoms with Crippen LogP contribution < -0.4 is 10.2 Å². The molecule has 2 aromatic heterocycles. The summed E-state index contributed by atoms with van der Waals surface area (Å²) in [5.74, 6) is 0.688. The highest BCUT2D eigenvalue weighted by Gasteiger charge is 2.30. The van der Waals surface area contributed by atoms with Gasteiger partial charge >= 0.3 is 6.09 Å². The molecule has 1 saturated heterocycles. The third-order valence-electron chi connectivity index (χ3n) is 8.72. The molecule has 244 valence electrons. The van der Waals surface area contributed by atoms with Crippen LogP contribution in [-0.4, -0.2) is 70.1 Å². The normalized spacial score (nSPS) is 17.6. The largest absolute Gasteiger partial charge is 0.444 e. The van der Waals surface area contributed by atoms with E-state index in [0.717, 1.165) is 44.6 Å². The molecular formula is C37H47N5O4. The van der Waals surface area contributed by atoms with Crippen molar-refractivity contribution in [3.8, 4) is 11.1 Å². The Morgan fingerprint density at radius 2 is 1.83 bits per heavy atom. The number of pyridine rings is 1. The molecule has 3 aromatic rings. The van der Waals surface area contributed by atoms with E-state index in [1.165, 1.54) is 0 Å². The van der Waals surface area contributed by atoms with Crippen LogP contribution in [0, 0.1) is 6.92 Å². The number of benzene rings is 1. The molecule has 1 aliphatic heterocycles. The zero-order chi connectivity index (χ0) is 33.5. The molecule has 9 heteroatoms. The number of ether oxygens (including phenoxy) is 1. The lowest BCUT2D eigenvalue weighted by molar-refractivity contribution is -0.115. The van der Waals surface area contributed by atoms with Gasteiger partial charge in [-0.05, 0) is 103 Å². The van der Waals surface area contributed by atoms with E-state index in [9.17, 15) is 14.4 Å². The first kappa shape index (κ1) is 33.0. The Kier molecular flexibility index (Phi) is 9.16. The number of carbonyl (C=O) groups is 3. The van der Waals surface area contributed by atoms with Crippen molar-refractivity contribution in [2.75, 3.05) is 31.1 Å².